The van der Waals surface area contributed by atoms with Crippen LogP contribution in [0.1, 0.15) is 12.8 Å². The van der Waals surface area contributed by atoms with Crippen LogP contribution < -0.4 is 16.2 Å². The molecule has 0 aliphatic carbocycles. The van der Waals surface area contributed by atoms with E-state index >= 15 is 0 Å². The first kappa shape index (κ1) is 10.7. The summed E-state index contributed by atoms with van der Waals surface area (Å²) >= 11 is 1.42. The Morgan fingerprint density at radius 1 is 1.59 bits per heavy atom. The van der Waals surface area contributed by atoms with Gasteiger partial charge in [-0.2, -0.15) is 0 Å². The zero-order valence-electron chi connectivity index (χ0n) is 9.35. The molecule has 0 spiro atoms. The number of nitrogens with zero attached hydrogens (tertiary/aromatic N) is 2. The highest BCUT2D eigenvalue weighted by Gasteiger charge is 2.19. The van der Waals surface area contributed by atoms with Crippen LogP contribution in [0.3, 0.4) is 0 Å². The summed E-state index contributed by atoms with van der Waals surface area (Å²) in [6.07, 6.45) is 2.09. The number of hydrogen-bond donors (Lipinski definition) is 2. The number of anilines is 1. The lowest BCUT2D eigenvalue weighted by Crippen LogP contribution is -2.44. The van der Waals surface area contributed by atoms with Crippen LogP contribution in [0.5, 0.6) is 0 Å². The highest BCUT2D eigenvalue weighted by molar-refractivity contribution is 7.17. The molecule has 6 heteroatoms. The second-order valence-electron chi connectivity index (χ2n) is 4.37. The number of hydrogen-bond acceptors (Lipinski definition) is 5. The lowest BCUT2D eigenvalue weighted by Gasteiger charge is -2.30. The molecule has 0 saturated carbocycles. The highest BCUT2D eigenvalue weighted by Crippen LogP contribution is 2.19. The first-order chi connectivity index (χ1) is 8.24. The van der Waals surface area contributed by atoms with Crippen LogP contribution in [0.15, 0.2) is 16.2 Å². The molecule has 3 heterocycles. The number of fused-ring (bicyclic) bond motifs is 1. The summed E-state index contributed by atoms with van der Waals surface area (Å²) < 4.78 is 0.690. The minimum Gasteiger partial charge on any atom is -0.341 e. The minimum absolute atomic E-state index is 0.0563. The molecule has 17 heavy (non-hydrogen) atoms. The van der Waals surface area contributed by atoms with E-state index in [4.69, 9.17) is 5.73 Å². The highest BCUT2D eigenvalue weighted by atomic mass is 32.1. The SMILES string of the molecule is N[C@@H]1CCCN(c2nc3ccsc3c(=O)[nH]2)C1. The quantitative estimate of drug-likeness (QED) is 0.789. The molecule has 1 saturated heterocycles. The summed E-state index contributed by atoms with van der Waals surface area (Å²) in [6, 6.07) is 2.05. The predicted octanol–water partition coefficient (Wildman–Crippen LogP) is 0.912. The van der Waals surface area contributed by atoms with Crippen LogP contribution in [0, 0.1) is 0 Å². The number of aromatic nitrogens is 2. The van der Waals surface area contributed by atoms with Gasteiger partial charge in [0.2, 0.25) is 5.95 Å². The third kappa shape index (κ3) is 1.94. The number of rotatable bonds is 1. The van der Waals surface area contributed by atoms with Crippen LogP contribution in [0.2, 0.25) is 0 Å². The van der Waals surface area contributed by atoms with Crippen LogP contribution >= 0.6 is 11.3 Å². The molecular weight excluding hydrogens is 236 g/mol. The maximum absolute atomic E-state index is 11.8. The molecule has 0 radical (unpaired) electrons. The molecular formula is C11H14N4OS. The van der Waals surface area contributed by atoms with Crippen molar-refractivity contribution < 1.29 is 0 Å². The lowest BCUT2D eigenvalue weighted by atomic mass is 10.1. The number of nitrogens with two attached hydrogens (primary N) is 1. The maximum Gasteiger partial charge on any atom is 0.270 e. The second kappa shape index (κ2) is 4.12. The molecule has 2 aromatic heterocycles. The van der Waals surface area contributed by atoms with Crippen molar-refractivity contribution in [2.24, 2.45) is 5.73 Å². The largest absolute Gasteiger partial charge is 0.341 e. The Hall–Kier alpha value is -1.40. The Labute approximate surface area is 102 Å². The third-order valence-electron chi connectivity index (χ3n) is 3.06. The Morgan fingerprint density at radius 2 is 2.47 bits per heavy atom. The zero-order valence-corrected chi connectivity index (χ0v) is 10.2. The summed E-state index contributed by atoms with van der Waals surface area (Å²) in [5, 5.41) is 1.89. The van der Waals surface area contributed by atoms with E-state index in [-0.39, 0.29) is 11.6 Å². The van der Waals surface area contributed by atoms with Crippen molar-refractivity contribution in [3.05, 3.63) is 21.8 Å². The van der Waals surface area contributed by atoms with Crippen molar-refractivity contribution >= 4 is 27.5 Å². The van der Waals surface area contributed by atoms with E-state index in [1.165, 1.54) is 11.3 Å². The Balaban J connectivity index is 2.02. The van der Waals surface area contributed by atoms with E-state index in [9.17, 15) is 4.79 Å². The predicted molar refractivity (Wildman–Crippen MR) is 69.7 cm³/mol. The lowest BCUT2D eigenvalue weighted by molar-refractivity contribution is 0.500. The Bertz CT molecular complexity index is 590. The van der Waals surface area contributed by atoms with Gasteiger partial charge in [0.05, 0.1) is 5.52 Å². The Morgan fingerprint density at radius 3 is 3.29 bits per heavy atom. The average molecular weight is 250 g/mol. The van der Waals surface area contributed by atoms with Crippen LogP contribution in [-0.4, -0.2) is 29.1 Å². The van der Waals surface area contributed by atoms with Crippen molar-refractivity contribution in [3.63, 3.8) is 0 Å². The molecule has 1 fully saturated rings. The van der Waals surface area contributed by atoms with E-state index in [1.54, 1.807) is 0 Å². The summed E-state index contributed by atoms with van der Waals surface area (Å²) in [4.78, 5) is 21.2. The van der Waals surface area contributed by atoms with Crippen molar-refractivity contribution in [2.75, 3.05) is 18.0 Å². The van der Waals surface area contributed by atoms with Gasteiger partial charge in [-0.1, -0.05) is 0 Å². The van der Waals surface area contributed by atoms with Gasteiger partial charge >= 0.3 is 0 Å². The van der Waals surface area contributed by atoms with Gasteiger partial charge in [0, 0.05) is 19.1 Å². The maximum atomic E-state index is 11.8. The molecule has 0 unspecified atom stereocenters. The summed E-state index contributed by atoms with van der Waals surface area (Å²) in [5.74, 6) is 0.649. The number of nitrogens with one attached hydrogen (secondary N) is 1. The first-order valence-electron chi connectivity index (χ1n) is 5.72. The molecule has 0 amide bonds. The standard InChI is InChI=1S/C11H14N4OS/c12-7-2-1-4-15(6-7)11-13-8-3-5-17-9(8)10(16)14-11/h3,5,7H,1-2,4,6,12H2,(H,13,14,16)/t7-/m1/s1. The number of aromatic amines is 1. The molecule has 0 aromatic carbocycles. The molecule has 3 N–H and O–H groups in total. The van der Waals surface area contributed by atoms with Crippen LogP contribution in [-0.2, 0) is 0 Å². The molecule has 1 aliphatic heterocycles. The van der Waals surface area contributed by atoms with Crippen LogP contribution in [0.4, 0.5) is 5.95 Å². The number of H-pyrrole nitrogens is 1. The van der Waals surface area contributed by atoms with Gasteiger partial charge in [0.1, 0.15) is 4.70 Å². The van der Waals surface area contributed by atoms with E-state index in [0.717, 1.165) is 31.4 Å². The summed E-state index contributed by atoms with van der Waals surface area (Å²) in [5.41, 5.74) is 6.65. The molecule has 3 rings (SSSR count). The first-order valence-corrected chi connectivity index (χ1v) is 6.60. The number of thiophene rings is 1. The van der Waals surface area contributed by atoms with Gasteiger partial charge in [0.15, 0.2) is 0 Å². The molecule has 1 atom stereocenters. The number of piperidine rings is 1. The van der Waals surface area contributed by atoms with Crippen molar-refractivity contribution in [1.29, 1.82) is 0 Å². The average Bonchev–Trinajstić information content (AvgIpc) is 2.77. The van der Waals surface area contributed by atoms with Gasteiger partial charge in [0.25, 0.3) is 5.56 Å². The molecule has 2 aromatic rings. The fourth-order valence-electron chi connectivity index (χ4n) is 2.21. The fraction of sp³-hybridized carbons (Fsp3) is 0.455. The topological polar surface area (TPSA) is 75.0 Å². The van der Waals surface area contributed by atoms with Gasteiger partial charge in [-0.25, -0.2) is 4.98 Å². The monoisotopic (exact) mass is 250 g/mol. The van der Waals surface area contributed by atoms with Gasteiger partial charge in [-0.3, -0.25) is 9.78 Å². The van der Waals surface area contributed by atoms with E-state index < -0.39 is 0 Å². The summed E-state index contributed by atoms with van der Waals surface area (Å²) in [6.45, 7) is 1.67. The van der Waals surface area contributed by atoms with E-state index in [2.05, 4.69) is 14.9 Å². The van der Waals surface area contributed by atoms with Gasteiger partial charge < -0.3 is 10.6 Å². The molecule has 0 bridgehead atoms. The van der Waals surface area contributed by atoms with Crippen molar-refractivity contribution in [3.8, 4) is 0 Å². The van der Waals surface area contributed by atoms with Gasteiger partial charge in [-0.05, 0) is 24.3 Å². The van der Waals surface area contributed by atoms with Crippen molar-refractivity contribution in [2.45, 2.75) is 18.9 Å². The summed E-state index contributed by atoms with van der Waals surface area (Å²) in [7, 11) is 0. The van der Waals surface area contributed by atoms with E-state index in [1.807, 2.05) is 11.4 Å². The second-order valence-corrected chi connectivity index (χ2v) is 5.29. The third-order valence-corrected chi connectivity index (χ3v) is 3.96. The fourth-order valence-corrected chi connectivity index (χ4v) is 2.94. The van der Waals surface area contributed by atoms with Crippen LogP contribution in [0.25, 0.3) is 10.2 Å². The Kier molecular flexibility index (Phi) is 2.60. The smallest absolute Gasteiger partial charge is 0.270 e. The molecule has 1 aliphatic rings. The normalized spacial score (nSPS) is 21.0. The van der Waals surface area contributed by atoms with Gasteiger partial charge in [-0.15, -0.1) is 11.3 Å². The van der Waals surface area contributed by atoms with E-state index in [0.29, 0.717) is 10.6 Å². The molecule has 90 valence electrons. The van der Waals surface area contributed by atoms with Crippen molar-refractivity contribution in [1.82, 2.24) is 9.97 Å². The zero-order chi connectivity index (χ0) is 11.8. The molecule has 5 nitrogen and oxygen atoms in total. The minimum atomic E-state index is -0.0563.